The molecule has 0 heterocycles. The maximum absolute atomic E-state index is 12.1. The van der Waals surface area contributed by atoms with E-state index in [9.17, 15) is 9.59 Å². The van der Waals surface area contributed by atoms with E-state index < -0.39 is 12.1 Å². The van der Waals surface area contributed by atoms with Gasteiger partial charge < -0.3 is 14.8 Å². The van der Waals surface area contributed by atoms with Crippen LogP contribution in [0, 0.1) is 0 Å². The molecule has 0 fully saturated rings. The Labute approximate surface area is 158 Å². The number of amides is 1. The zero-order valence-electron chi connectivity index (χ0n) is 14.8. The van der Waals surface area contributed by atoms with Gasteiger partial charge in [-0.25, -0.2) is 4.79 Å². The first-order valence-corrected chi connectivity index (χ1v) is 8.84. The second-order valence-corrected chi connectivity index (χ2v) is 6.14. The highest BCUT2D eigenvalue weighted by atomic mass is 35.5. The van der Waals surface area contributed by atoms with E-state index in [0.29, 0.717) is 22.9 Å². The highest BCUT2D eigenvalue weighted by Crippen LogP contribution is 2.15. The van der Waals surface area contributed by atoms with E-state index in [1.165, 1.54) is 6.92 Å². The van der Waals surface area contributed by atoms with Gasteiger partial charge in [0.05, 0.1) is 12.2 Å². The Morgan fingerprint density at radius 1 is 1.12 bits per heavy atom. The summed E-state index contributed by atoms with van der Waals surface area (Å²) in [5.74, 6) is -0.262. The van der Waals surface area contributed by atoms with Crippen LogP contribution in [0.2, 0.25) is 5.02 Å². The molecule has 0 spiro atoms. The standard InChI is InChI=1S/C20H22ClNO4/c1-3-12-25-17-10-8-15(9-11-17)20(24)26-14(2)19(23)22-13-16-6-4-5-7-18(16)21/h4-11,14H,3,12-13H2,1-2H3,(H,22,23)/t14-/m0/s1. The molecule has 26 heavy (non-hydrogen) atoms. The summed E-state index contributed by atoms with van der Waals surface area (Å²) < 4.78 is 10.7. The van der Waals surface area contributed by atoms with Crippen LogP contribution in [0.25, 0.3) is 0 Å². The van der Waals surface area contributed by atoms with Crippen LogP contribution >= 0.6 is 11.6 Å². The minimum absolute atomic E-state index is 0.268. The Morgan fingerprint density at radius 2 is 1.81 bits per heavy atom. The molecule has 2 aromatic carbocycles. The van der Waals surface area contributed by atoms with Crippen LogP contribution in [-0.4, -0.2) is 24.6 Å². The predicted octanol–water partition coefficient (Wildman–Crippen LogP) is 3.99. The lowest BCUT2D eigenvalue weighted by molar-refractivity contribution is -0.129. The van der Waals surface area contributed by atoms with Gasteiger partial charge in [-0.15, -0.1) is 0 Å². The largest absolute Gasteiger partial charge is 0.494 e. The number of ether oxygens (including phenoxy) is 2. The fourth-order valence-electron chi connectivity index (χ4n) is 2.16. The van der Waals surface area contributed by atoms with Crippen LogP contribution in [0.5, 0.6) is 5.75 Å². The van der Waals surface area contributed by atoms with Gasteiger partial charge in [0.2, 0.25) is 0 Å². The Kier molecular flexibility index (Phi) is 7.48. The SMILES string of the molecule is CCCOc1ccc(C(=O)O[C@@H](C)C(=O)NCc2ccccc2Cl)cc1. The molecule has 0 radical (unpaired) electrons. The van der Waals surface area contributed by atoms with E-state index >= 15 is 0 Å². The summed E-state index contributed by atoms with van der Waals surface area (Å²) in [5, 5.41) is 3.28. The smallest absolute Gasteiger partial charge is 0.338 e. The number of carbonyl (C=O) groups is 2. The van der Waals surface area contributed by atoms with Crippen LogP contribution in [0.4, 0.5) is 0 Å². The van der Waals surface area contributed by atoms with Crippen molar-refractivity contribution in [1.29, 1.82) is 0 Å². The highest BCUT2D eigenvalue weighted by Gasteiger charge is 2.19. The molecule has 2 aromatic rings. The van der Waals surface area contributed by atoms with Gasteiger partial charge in [-0.1, -0.05) is 36.7 Å². The summed E-state index contributed by atoms with van der Waals surface area (Å²) in [4.78, 5) is 24.3. The molecule has 138 valence electrons. The van der Waals surface area contributed by atoms with Gasteiger partial charge in [-0.3, -0.25) is 4.79 Å². The van der Waals surface area contributed by atoms with E-state index in [1.807, 2.05) is 25.1 Å². The van der Waals surface area contributed by atoms with Crippen LogP contribution < -0.4 is 10.1 Å². The number of carbonyl (C=O) groups excluding carboxylic acids is 2. The summed E-state index contributed by atoms with van der Waals surface area (Å²) in [6.07, 6.45) is -0.00838. The number of hydrogen-bond acceptors (Lipinski definition) is 4. The molecular formula is C20H22ClNO4. The molecule has 6 heteroatoms. The lowest BCUT2D eigenvalue weighted by Gasteiger charge is -2.14. The number of hydrogen-bond donors (Lipinski definition) is 1. The molecular weight excluding hydrogens is 354 g/mol. The number of esters is 1. The van der Waals surface area contributed by atoms with E-state index in [0.717, 1.165) is 12.0 Å². The molecule has 1 N–H and O–H groups in total. The van der Waals surface area contributed by atoms with E-state index in [2.05, 4.69) is 5.32 Å². The Bertz CT molecular complexity index is 746. The van der Waals surface area contributed by atoms with Crippen LogP contribution in [0.3, 0.4) is 0 Å². The minimum atomic E-state index is -0.916. The number of halogens is 1. The van der Waals surface area contributed by atoms with Crippen molar-refractivity contribution in [3.63, 3.8) is 0 Å². The normalized spacial score (nSPS) is 11.5. The zero-order chi connectivity index (χ0) is 18.9. The van der Waals surface area contributed by atoms with Crippen molar-refractivity contribution in [2.24, 2.45) is 0 Å². The maximum Gasteiger partial charge on any atom is 0.338 e. The molecule has 0 bridgehead atoms. The molecule has 0 aliphatic heterocycles. The molecule has 0 aliphatic carbocycles. The molecule has 0 aliphatic rings. The average molecular weight is 376 g/mol. The van der Waals surface area contributed by atoms with Crippen molar-refractivity contribution in [2.45, 2.75) is 32.9 Å². The van der Waals surface area contributed by atoms with Crippen molar-refractivity contribution in [3.8, 4) is 5.75 Å². The summed E-state index contributed by atoms with van der Waals surface area (Å²) in [5.41, 5.74) is 1.16. The quantitative estimate of drug-likeness (QED) is 0.708. The summed E-state index contributed by atoms with van der Waals surface area (Å²) in [6, 6.07) is 13.9. The molecule has 5 nitrogen and oxygen atoms in total. The van der Waals surface area contributed by atoms with E-state index in [4.69, 9.17) is 21.1 Å². The minimum Gasteiger partial charge on any atom is -0.494 e. The van der Waals surface area contributed by atoms with Gasteiger partial charge in [0.25, 0.3) is 5.91 Å². The van der Waals surface area contributed by atoms with Crippen molar-refractivity contribution in [3.05, 3.63) is 64.7 Å². The fraction of sp³-hybridized carbons (Fsp3) is 0.300. The van der Waals surface area contributed by atoms with Gasteiger partial charge in [0.1, 0.15) is 5.75 Å². The van der Waals surface area contributed by atoms with Gasteiger partial charge in [0, 0.05) is 11.6 Å². The number of nitrogens with one attached hydrogen (secondary N) is 1. The first-order chi connectivity index (χ1) is 12.5. The fourth-order valence-corrected chi connectivity index (χ4v) is 2.36. The van der Waals surface area contributed by atoms with E-state index in [1.54, 1.807) is 30.3 Å². The molecule has 1 amide bonds. The lowest BCUT2D eigenvalue weighted by Crippen LogP contribution is -2.35. The van der Waals surface area contributed by atoms with Gasteiger partial charge in [-0.2, -0.15) is 0 Å². The number of benzene rings is 2. The van der Waals surface area contributed by atoms with Crippen molar-refractivity contribution in [1.82, 2.24) is 5.32 Å². The molecule has 2 rings (SSSR count). The topological polar surface area (TPSA) is 64.6 Å². The summed E-state index contributed by atoms with van der Waals surface area (Å²) >= 11 is 6.05. The Hall–Kier alpha value is -2.53. The van der Waals surface area contributed by atoms with Crippen LogP contribution in [0.15, 0.2) is 48.5 Å². The van der Waals surface area contributed by atoms with E-state index in [-0.39, 0.29) is 12.5 Å². The first-order valence-electron chi connectivity index (χ1n) is 8.46. The predicted molar refractivity (Wildman–Crippen MR) is 100 cm³/mol. The van der Waals surface area contributed by atoms with Crippen molar-refractivity contribution >= 4 is 23.5 Å². The van der Waals surface area contributed by atoms with Gasteiger partial charge >= 0.3 is 5.97 Å². The molecule has 0 aromatic heterocycles. The Morgan fingerprint density at radius 3 is 2.46 bits per heavy atom. The van der Waals surface area contributed by atoms with Crippen molar-refractivity contribution in [2.75, 3.05) is 6.61 Å². The summed E-state index contributed by atoms with van der Waals surface area (Å²) in [6.45, 7) is 4.43. The maximum atomic E-state index is 12.1. The number of rotatable bonds is 8. The lowest BCUT2D eigenvalue weighted by atomic mass is 10.2. The second-order valence-electron chi connectivity index (χ2n) is 5.73. The third-order valence-corrected chi connectivity index (χ3v) is 4.00. The Balaban J connectivity index is 1.85. The molecule has 0 saturated carbocycles. The molecule has 0 unspecified atom stereocenters. The average Bonchev–Trinajstić information content (AvgIpc) is 2.65. The molecule has 1 atom stereocenters. The second kappa shape index (κ2) is 9.82. The van der Waals surface area contributed by atoms with Crippen LogP contribution in [0.1, 0.15) is 36.2 Å². The van der Waals surface area contributed by atoms with Crippen LogP contribution in [-0.2, 0) is 16.1 Å². The van der Waals surface area contributed by atoms with Crippen molar-refractivity contribution < 1.29 is 19.1 Å². The monoisotopic (exact) mass is 375 g/mol. The summed E-state index contributed by atoms with van der Waals surface area (Å²) in [7, 11) is 0. The third-order valence-electron chi connectivity index (χ3n) is 3.63. The third kappa shape index (κ3) is 5.77. The van der Waals surface area contributed by atoms with Gasteiger partial charge in [-0.05, 0) is 49.2 Å². The van der Waals surface area contributed by atoms with Gasteiger partial charge in [0.15, 0.2) is 6.10 Å². The highest BCUT2D eigenvalue weighted by molar-refractivity contribution is 6.31. The first kappa shape index (κ1) is 19.8. The zero-order valence-corrected chi connectivity index (χ0v) is 15.6. The molecule has 0 saturated heterocycles.